The van der Waals surface area contributed by atoms with Gasteiger partial charge in [-0.1, -0.05) is 0 Å². The van der Waals surface area contributed by atoms with E-state index >= 15 is 0 Å². The van der Waals surface area contributed by atoms with Gasteiger partial charge in [0, 0.05) is 12.6 Å². The maximum absolute atomic E-state index is 10.9. The van der Waals surface area contributed by atoms with Crippen molar-refractivity contribution in [2.24, 2.45) is 0 Å². The second kappa shape index (κ2) is 4.30. The lowest BCUT2D eigenvalue weighted by Gasteiger charge is -2.21. The number of carbonyl (C=O) groups excluding carboxylic acids is 1. The lowest BCUT2D eigenvalue weighted by Crippen LogP contribution is -2.30. The standard InChI is InChI=1S/C11H9N4O4/c16-6-7-2-1-5-14(7)8-3-4-9(15(17)18)11-10(8)12-19-13-11/h3-4,7H,1-2,5H2/t7-/m0/s1. The SMILES string of the molecule is O=[C][C@@H]1CCCN1c1ccc([N+](=O)[O-])c2nonc12. The molecule has 2 heterocycles. The highest BCUT2D eigenvalue weighted by Crippen LogP contribution is 2.34. The molecule has 97 valence electrons. The second-order valence-corrected chi connectivity index (χ2v) is 4.29. The van der Waals surface area contributed by atoms with Gasteiger partial charge >= 0.3 is 5.69 Å². The molecule has 0 amide bonds. The zero-order valence-electron chi connectivity index (χ0n) is 9.78. The van der Waals surface area contributed by atoms with Gasteiger partial charge < -0.3 is 4.90 Å². The fourth-order valence-corrected chi connectivity index (χ4v) is 2.40. The minimum Gasteiger partial charge on any atom is -0.359 e. The van der Waals surface area contributed by atoms with Crippen LogP contribution in [0.4, 0.5) is 11.4 Å². The van der Waals surface area contributed by atoms with Gasteiger partial charge in [-0.25, -0.2) is 4.63 Å². The molecule has 0 bridgehead atoms. The third-order valence-corrected chi connectivity index (χ3v) is 3.27. The van der Waals surface area contributed by atoms with Crippen LogP contribution in [0.15, 0.2) is 16.8 Å². The molecule has 8 heteroatoms. The minimum atomic E-state index is -0.538. The van der Waals surface area contributed by atoms with Gasteiger partial charge in [-0.3, -0.25) is 14.9 Å². The van der Waals surface area contributed by atoms with E-state index in [0.717, 1.165) is 6.42 Å². The van der Waals surface area contributed by atoms with Crippen LogP contribution in [-0.2, 0) is 4.79 Å². The van der Waals surface area contributed by atoms with Crippen LogP contribution in [0.5, 0.6) is 0 Å². The first-order valence-electron chi connectivity index (χ1n) is 5.76. The molecule has 3 rings (SSSR count). The molecule has 1 saturated heterocycles. The first-order valence-corrected chi connectivity index (χ1v) is 5.76. The Hall–Kier alpha value is -2.51. The van der Waals surface area contributed by atoms with E-state index in [-0.39, 0.29) is 17.2 Å². The number of hydrogen-bond donors (Lipinski definition) is 0. The summed E-state index contributed by atoms with van der Waals surface area (Å²) >= 11 is 0. The molecule has 1 aliphatic heterocycles. The molecule has 0 aliphatic carbocycles. The summed E-state index contributed by atoms with van der Waals surface area (Å²) in [7, 11) is 0. The monoisotopic (exact) mass is 261 g/mol. The number of fused-ring (bicyclic) bond motifs is 1. The molecule has 1 aromatic heterocycles. The molecule has 0 N–H and O–H groups in total. The Balaban J connectivity index is 2.15. The predicted octanol–water partition coefficient (Wildman–Crippen LogP) is 1.21. The van der Waals surface area contributed by atoms with E-state index in [4.69, 9.17) is 0 Å². The van der Waals surface area contributed by atoms with Gasteiger partial charge in [0.2, 0.25) is 11.8 Å². The number of benzene rings is 1. The molecule has 19 heavy (non-hydrogen) atoms. The Morgan fingerprint density at radius 2 is 2.21 bits per heavy atom. The maximum atomic E-state index is 10.9. The number of non-ortho nitro benzene ring substituents is 1. The summed E-state index contributed by atoms with van der Waals surface area (Å²) in [5, 5.41) is 18.2. The number of rotatable bonds is 3. The van der Waals surface area contributed by atoms with Crippen LogP contribution in [0, 0.1) is 10.1 Å². The maximum Gasteiger partial charge on any atom is 0.300 e. The molecule has 0 spiro atoms. The van der Waals surface area contributed by atoms with Crippen molar-refractivity contribution in [2.75, 3.05) is 11.4 Å². The van der Waals surface area contributed by atoms with Gasteiger partial charge in [0.15, 0.2) is 5.52 Å². The molecule has 1 fully saturated rings. The van der Waals surface area contributed by atoms with Gasteiger partial charge in [0.25, 0.3) is 0 Å². The van der Waals surface area contributed by atoms with Crippen molar-refractivity contribution >= 4 is 28.7 Å². The smallest absolute Gasteiger partial charge is 0.300 e. The van der Waals surface area contributed by atoms with Crippen LogP contribution in [0.2, 0.25) is 0 Å². The average molecular weight is 261 g/mol. The van der Waals surface area contributed by atoms with E-state index < -0.39 is 4.92 Å². The van der Waals surface area contributed by atoms with Crippen LogP contribution in [0.1, 0.15) is 12.8 Å². The summed E-state index contributed by atoms with van der Waals surface area (Å²) in [6.45, 7) is 0.680. The van der Waals surface area contributed by atoms with E-state index in [1.807, 2.05) is 11.2 Å². The van der Waals surface area contributed by atoms with E-state index in [9.17, 15) is 14.9 Å². The Kier molecular flexibility index (Phi) is 2.62. The lowest BCUT2D eigenvalue weighted by molar-refractivity contribution is -0.383. The molecule has 2 aromatic rings. The molecule has 1 radical (unpaired) electrons. The largest absolute Gasteiger partial charge is 0.359 e. The highest BCUT2D eigenvalue weighted by molar-refractivity contribution is 5.94. The number of nitro groups is 1. The third-order valence-electron chi connectivity index (χ3n) is 3.27. The lowest BCUT2D eigenvalue weighted by atomic mass is 10.2. The Bertz CT molecular complexity index is 653. The first kappa shape index (κ1) is 11.6. The average Bonchev–Trinajstić information content (AvgIpc) is 3.05. The van der Waals surface area contributed by atoms with Gasteiger partial charge in [0.1, 0.15) is 0 Å². The van der Waals surface area contributed by atoms with Crippen molar-refractivity contribution in [3.8, 4) is 0 Å². The Morgan fingerprint density at radius 1 is 1.42 bits per heavy atom. The summed E-state index contributed by atoms with van der Waals surface area (Å²) in [5.41, 5.74) is 0.855. The van der Waals surface area contributed by atoms with Crippen LogP contribution >= 0.6 is 0 Å². The second-order valence-electron chi connectivity index (χ2n) is 4.29. The Labute approximate surface area is 107 Å². The van der Waals surface area contributed by atoms with Gasteiger partial charge in [-0.05, 0) is 29.2 Å². The van der Waals surface area contributed by atoms with Crippen LogP contribution in [0.3, 0.4) is 0 Å². The molecule has 0 saturated carbocycles. The van der Waals surface area contributed by atoms with Crippen LogP contribution in [0.25, 0.3) is 11.0 Å². The molecular formula is C11H9N4O4. The molecule has 1 aromatic carbocycles. The quantitative estimate of drug-likeness (QED) is 0.604. The fraction of sp³-hybridized carbons (Fsp3) is 0.364. The van der Waals surface area contributed by atoms with Gasteiger partial charge in [-0.2, -0.15) is 0 Å². The number of nitro benzene ring substituents is 1. The van der Waals surface area contributed by atoms with E-state index in [0.29, 0.717) is 24.2 Å². The van der Waals surface area contributed by atoms with E-state index in [1.165, 1.54) is 6.07 Å². The third kappa shape index (κ3) is 1.72. The van der Waals surface area contributed by atoms with E-state index in [1.54, 1.807) is 6.07 Å². The minimum absolute atomic E-state index is 0.0963. The number of anilines is 1. The first-order chi connectivity index (χ1) is 9.22. The molecule has 1 atom stereocenters. The van der Waals surface area contributed by atoms with Crippen molar-refractivity contribution in [1.29, 1.82) is 0 Å². The molecular weight excluding hydrogens is 252 g/mol. The van der Waals surface area contributed by atoms with Crippen molar-refractivity contribution in [1.82, 2.24) is 10.3 Å². The number of hydrogen-bond acceptors (Lipinski definition) is 7. The normalized spacial score (nSPS) is 18.9. The molecule has 1 aliphatic rings. The summed E-state index contributed by atoms with van der Waals surface area (Å²) in [4.78, 5) is 23.1. The van der Waals surface area contributed by atoms with Crippen molar-refractivity contribution < 1.29 is 14.3 Å². The zero-order valence-corrected chi connectivity index (χ0v) is 9.78. The fourth-order valence-electron chi connectivity index (χ4n) is 2.40. The highest BCUT2D eigenvalue weighted by atomic mass is 16.6. The van der Waals surface area contributed by atoms with Gasteiger partial charge in [-0.15, -0.1) is 0 Å². The summed E-state index contributed by atoms with van der Waals surface area (Å²) in [5.74, 6) is 0. The Morgan fingerprint density at radius 3 is 2.95 bits per heavy atom. The van der Waals surface area contributed by atoms with Crippen molar-refractivity contribution in [2.45, 2.75) is 18.9 Å². The molecule has 0 unspecified atom stereocenters. The van der Waals surface area contributed by atoms with Crippen LogP contribution in [-0.4, -0.2) is 34.1 Å². The summed E-state index contributed by atoms with van der Waals surface area (Å²) in [6, 6.07) is 2.57. The highest BCUT2D eigenvalue weighted by Gasteiger charge is 2.29. The van der Waals surface area contributed by atoms with Crippen LogP contribution < -0.4 is 4.90 Å². The van der Waals surface area contributed by atoms with E-state index in [2.05, 4.69) is 14.9 Å². The summed E-state index contributed by atoms with van der Waals surface area (Å²) < 4.78 is 4.60. The van der Waals surface area contributed by atoms with Crippen molar-refractivity contribution in [3.05, 3.63) is 22.2 Å². The number of aromatic nitrogens is 2. The predicted molar refractivity (Wildman–Crippen MR) is 64.5 cm³/mol. The van der Waals surface area contributed by atoms with Gasteiger partial charge in [0.05, 0.1) is 16.7 Å². The van der Waals surface area contributed by atoms with Crippen molar-refractivity contribution in [3.63, 3.8) is 0 Å². The zero-order chi connectivity index (χ0) is 13.4. The summed E-state index contributed by atoms with van der Waals surface area (Å²) in [6.07, 6.45) is 3.55. The number of nitrogens with zero attached hydrogens (tertiary/aromatic N) is 4. The topological polar surface area (TPSA) is 102 Å². The molecule has 8 nitrogen and oxygen atoms in total.